The highest BCUT2D eigenvalue weighted by Gasteiger charge is 2.19. The number of aliphatic hydroxyl groups is 2. The van der Waals surface area contributed by atoms with E-state index in [-0.39, 0.29) is 18.2 Å². The minimum atomic E-state index is -1.14. The fourth-order valence-corrected chi connectivity index (χ4v) is 3.71. The largest absolute Gasteiger partial charge is 0.481 e. The predicted octanol–water partition coefficient (Wildman–Crippen LogP) is 5.01. The monoisotopic (exact) mass is 437 g/mol. The Balaban J connectivity index is 2.08. The summed E-state index contributed by atoms with van der Waals surface area (Å²) in [5, 5.41) is 29.0. The van der Waals surface area contributed by atoms with Gasteiger partial charge in [0.15, 0.2) is 0 Å². The first-order valence-electron chi connectivity index (χ1n) is 10.6. The van der Waals surface area contributed by atoms with Gasteiger partial charge in [-0.15, -0.1) is 0 Å². The summed E-state index contributed by atoms with van der Waals surface area (Å²) in [6.07, 6.45) is 0.681. The van der Waals surface area contributed by atoms with Crippen molar-refractivity contribution < 1.29 is 24.5 Å². The number of aromatic nitrogens is 1. The van der Waals surface area contributed by atoms with Crippen molar-refractivity contribution in [3.8, 4) is 16.9 Å². The molecule has 0 spiro atoms. The first kappa shape index (κ1) is 23.4. The summed E-state index contributed by atoms with van der Waals surface area (Å²) < 4.78 is 15.6. The molecule has 0 aliphatic heterocycles. The lowest BCUT2D eigenvalue weighted by molar-refractivity contribution is -0.139. The van der Waals surface area contributed by atoms with Crippen molar-refractivity contribution in [1.29, 1.82) is 0 Å². The number of carbonyl (C=O) groups is 1. The third-order valence-corrected chi connectivity index (χ3v) is 5.25. The molecule has 0 fully saturated rings. The molecule has 168 valence electrons. The second-order valence-electron chi connectivity index (χ2n) is 8.12. The number of carboxylic acids is 1. The zero-order valence-corrected chi connectivity index (χ0v) is 18.1. The van der Waals surface area contributed by atoms with Crippen molar-refractivity contribution in [1.82, 2.24) is 4.57 Å². The highest BCUT2D eigenvalue weighted by atomic mass is 19.1. The molecule has 32 heavy (non-hydrogen) atoms. The summed E-state index contributed by atoms with van der Waals surface area (Å²) in [5.74, 6) is -1.27. The van der Waals surface area contributed by atoms with Gasteiger partial charge in [0.25, 0.3) is 0 Å². The number of aliphatic carboxylic acids is 1. The average molecular weight is 438 g/mol. The van der Waals surface area contributed by atoms with Gasteiger partial charge in [0, 0.05) is 17.8 Å². The molecule has 2 aromatic carbocycles. The van der Waals surface area contributed by atoms with Crippen molar-refractivity contribution in [2.45, 2.75) is 44.8 Å². The smallest absolute Gasteiger partial charge is 0.305 e. The van der Waals surface area contributed by atoms with E-state index >= 15 is 0 Å². The fourth-order valence-electron chi connectivity index (χ4n) is 3.71. The third-order valence-electron chi connectivity index (χ3n) is 5.25. The van der Waals surface area contributed by atoms with Crippen LogP contribution in [0.15, 0.2) is 66.7 Å². The van der Waals surface area contributed by atoms with Crippen LogP contribution in [-0.4, -0.2) is 38.1 Å². The number of nitrogens with zero attached hydrogens (tertiary/aromatic N) is 1. The summed E-state index contributed by atoms with van der Waals surface area (Å²) in [4.78, 5) is 10.8. The van der Waals surface area contributed by atoms with E-state index in [0.29, 0.717) is 0 Å². The minimum Gasteiger partial charge on any atom is -0.481 e. The number of hydrogen-bond acceptors (Lipinski definition) is 3. The Labute approximate surface area is 187 Å². The van der Waals surface area contributed by atoms with E-state index in [9.17, 15) is 19.4 Å². The molecule has 1 heterocycles. The van der Waals surface area contributed by atoms with E-state index in [1.165, 1.54) is 12.1 Å². The highest BCUT2D eigenvalue weighted by Crippen LogP contribution is 2.34. The molecular formula is C26H28FNO4. The topological polar surface area (TPSA) is 82.7 Å². The number of hydrogen-bond donors (Lipinski definition) is 3. The summed E-state index contributed by atoms with van der Waals surface area (Å²) in [6.45, 7) is 4.15. The lowest BCUT2D eigenvalue weighted by Gasteiger charge is -2.15. The lowest BCUT2D eigenvalue weighted by Crippen LogP contribution is -2.19. The molecule has 0 radical (unpaired) electrons. The second kappa shape index (κ2) is 10.4. The molecule has 0 bridgehead atoms. The van der Waals surface area contributed by atoms with Crippen LogP contribution >= 0.6 is 0 Å². The fraction of sp³-hybridized carbons (Fsp3) is 0.269. The molecule has 0 aliphatic rings. The maximum atomic E-state index is 13.6. The minimum absolute atomic E-state index is 0.0807. The normalized spacial score (nSPS) is 13.6. The number of aliphatic hydroxyl groups excluding tert-OH is 2. The van der Waals surface area contributed by atoms with Crippen LogP contribution in [0.5, 0.6) is 0 Å². The number of benzene rings is 2. The van der Waals surface area contributed by atoms with Gasteiger partial charge in [-0.1, -0.05) is 50.3 Å². The van der Waals surface area contributed by atoms with Gasteiger partial charge < -0.3 is 19.9 Å². The van der Waals surface area contributed by atoms with Crippen LogP contribution in [0.2, 0.25) is 0 Å². The van der Waals surface area contributed by atoms with Crippen LogP contribution in [0.1, 0.15) is 43.9 Å². The Morgan fingerprint density at radius 2 is 1.72 bits per heavy atom. The van der Waals surface area contributed by atoms with Crippen molar-refractivity contribution in [3.63, 3.8) is 0 Å². The van der Waals surface area contributed by atoms with Crippen LogP contribution in [0.3, 0.4) is 0 Å². The van der Waals surface area contributed by atoms with Crippen LogP contribution in [0.4, 0.5) is 4.39 Å². The maximum Gasteiger partial charge on any atom is 0.305 e. The Bertz CT molecular complexity index is 1070. The van der Waals surface area contributed by atoms with Gasteiger partial charge in [-0.3, -0.25) is 4.79 Å². The molecule has 6 heteroatoms. The standard InChI is InChI=1S/C26H28FNO4/c1-17(2)23-16-25(18-6-4-3-5-7-18)28(20-10-8-19(27)9-11-20)24(23)13-12-21(29)14-22(30)15-26(31)32/h3-13,16-17,21-22,29-30H,14-15H2,1-2H3,(H,31,32)/b13-12+. The highest BCUT2D eigenvalue weighted by molar-refractivity contribution is 5.71. The molecule has 1 aromatic heterocycles. The Morgan fingerprint density at radius 1 is 1.06 bits per heavy atom. The van der Waals surface area contributed by atoms with E-state index in [1.807, 2.05) is 34.9 Å². The second-order valence-corrected chi connectivity index (χ2v) is 8.12. The molecule has 3 rings (SSSR count). The first-order valence-corrected chi connectivity index (χ1v) is 10.6. The summed E-state index contributed by atoms with van der Waals surface area (Å²) in [6, 6.07) is 18.2. The Kier molecular flexibility index (Phi) is 7.62. The van der Waals surface area contributed by atoms with Gasteiger partial charge in [-0.05, 0) is 53.5 Å². The zero-order valence-electron chi connectivity index (χ0n) is 18.1. The summed E-state index contributed by atoms with van der Waals surface area (Å²) >= 11 is 0. The Hall–Kier alpha value is -3.22. The molecule has 2 atom stereocenters. The summed E-state index contributed by atoms with van der Waals surface area (Å²) in [7, 11) is 0. The summed E-state index contributed by atoms with van der Waals surface area (Å²) in [5.41, 5.74) is 4.58. The molecule has 3 aromatic rings. The van der Waals surface area contributed by atoms with Gasteiger partial charge in [0.05, 0.1) is 24.3 Å². The molecule has 0 saturated carbocycles. The van der Waals surface area contributed by atoms with Crippen molar-refractivity contribution in [2.24, 2.45) is 0 Å². The van der Waals surface area contributed by atoms with Crippen LogP contribution in [-0.2, 0) is 4.79 Å². The molecule has 2 unspecified atom stereocenters. The molecule has 0 aliphatic carbocycles. The van der Waals surface area contributed by atoms with Crippen molar-refractivity contribution in [2.75, 3.05) is 0 Å². The zero-order chi connectivity index (χ0) is 23.3. The van der Waals surface area contributed by atoms with Crippen molar-refractivity contribution in [3.05, 3.63) is 83.8 Å². The van der Waals surface area contributed by atoms with E-state index in [2.05, 4.69) is 19.9 Å². The van der Waals surface area contributed by atoms with E-state index in [1.54, 1.807) is 24.3 Å². The predicted molar refractivity (Wildman–Crippen MR) is 123 cm³/mol. The SMILES string of the molecule is CC(C)c1cc(-c2ccccc2)n(-c2ccc(F)cc2)c1/C=C/C(O)CC(O)CC(=O)O. The maximum absolute atomic E-state index is 13.6. The van der Waals surface area contributed by atoms with Crippen molar-refractivity contribution >= 4 is 12.0 Å². The van der Waals surface area contributed by atoms with Gasteiger partial charge in [-0.2, -0.15) is 0 Å². The number of carboxylic acid groups (broad SMARTS) is 1. The molecule has 0 amide bonds. The van der Waals surface area contributed by atoms with Crippen LogP contribution in [0, 0.1) is 5.82 Å². The molecular weight excluding hydrogens is 409 g/mol. The average Bonchev–Trinajstić information content (AvgIpc) is 3.12. The van der Waals surface area contributed by atoms with Gasteiger partial charge in [-0.25, -0.2) is 4.39 Å². The van der Waals surface area contributed by atoms with Gasteiger partial charge in [0.2, 0.25) is 0 Å². The number of rotatable bonds is 9. The quantitative estimate of drug-likeness (QED) is 0.440. The Morgan fingerprint density at radius 3 is 2.31 bits per heavy atom. The molecule has 0 saturated heterocycles. The van der Waals surface area contributed by atoms with Gasteiger partial charge in [0.1, 0.15) is 5.82 Å². The van der Waals surface area contributed by atoms with Crippen LogP contribution < -0.4 is 0 Å². The third kappa shape index (κ3) is 5.72. The molecule has 3 N–H and O–H groups in total. The van der Waals surface area contributed by atoms with E-state index in [0.717, 1.165) is 28.2 Å². The molecule has 5 nitrogen and oxygen atoms in total. The number of halogens is 1. The first-order chi connectivity index (χ1) is 15.3. The van der Waals surface area contributed by atoms with E-state index in [4.69, 9.17) is 5.11 Å². The van der Waals surface area contributed by atoms with Crippen LogP contribution in [0.25, 0.3) is 23.0 Å². The van der Waals surface area contributed by atoms with E-state index < -0.39 is 24.6 Å². The lowest BCUT2D eigenvalue weighted by atomic mass is 10.0. The van der Waals surface area contributed by atoms with Gasteiger partial charge >= 0.3 is 5.97 Å².